The van der Waals surface area contributed by atoms with Crippen molar-refractivity contribution in [2.45, 2.75) is 25.2 Å². The van der Waals surface area contributed by atoms with Crippen LogP contribution in [0.15, 0.2) is 35.5 Å². The molecule has 0 bridgehead atoms. The summed E-state index contributed by atoms with van der Waals surface area (Å²) in [5, 5.41) is 0. The number of aromatic nitrogens is 3. The van der Waals surface area contributed by atoms with Gasteiger partial charge >= 0.3 is 0 Å². The third kappa shape index (κ3) is 3.51. The zero-order valence-electron chi connectivity index (χ0n) is 15.9. The highest BCUT2D eigenvalue weighted by Gasteiger charge is 2.43. The Morgan fingerprint density at radius 2 is 1.86 bits per heavy atom. The lowest BCUT2D eigenvalue weighted by atomic mass is 10.2. The first kappa shape index (κ1) is 18.9. The Labute approximate surface area is 164 Å². The molecule has 148 valence electrons. The number of pyridine rings is 1. The summed E-state index contributed by atoms with van der Waals surface area (Å²) < 4.78 is 28.0. The number of hydrogen-bond donors (Lipinski definition) is 0. The van der Waals surface area contributed by atoms with Crippen molar-refractivity contribution >= 4 is 15.9 Å². The van der Waals surface area contributed by atoms with Crippen molar-refractivity contribution in [3.8, 4) is 11.4 Å². The quantitative estimate of drug-likeness (QED) is 0.767. The Bertz CT molecular complexity index is 988. The highest BCUT2D eigenvalue weighted by molar-refractivity contribution is 7.89. The first-order valence-corrected chi connectivity index (χ1v) is 10.9. The molecule has 1 saturated carbocycles. The van der Waals surface area contributed by atoms with Crippen LogP contribution in [-0.4, -0.2) is 64.7 Å². The molecular weight excluding hydrogens is 378 g/mol. The van der Waals surface area contributed by atoms with Crippen LogP contribution in [0.2, 0.25) is 0 Å². The molecule has 2 atom stereocenters. The van der Waals surface area contributed by atoms with Crippen molar-refractivity contribution in [2.24, 2.45) is 11.8 Å². The van der Waals surface area contributed by atoms with Crippen molar-refractivity contribution in [2.75, 3.05) is 26.2 Å². The summed E-state index contributed by atoms with van der Waals surface area (Å²) in [6, 6.07) is 5.29. The van der Waals surface area contributed by atoms with E-state index in [9.17, 15) is 13.2 Å². The van der Waals surface area contributed by atoms with Crippen LogP contribution >= 0.6 is 0 Å². The van der Waals surface area contributed by atoms with Gasteiger partial charge in [-0.3, -0.25) is 9.78 Å². The number of hydrogen-bond acceptors (Lipinski definition) is 6. The monoisotopic (exact) mass is 401 g/mol. The predicted molar refractivity (Wildman–Crippen MR) is 103 cm³/mol. The van der Waals surface area contributed by atoms with E-state index in [1.54, 1.807) is 36.2 Å². The minimum absolute atomic E-state index is 0.0485. The number of nitrogens with zero attached hydrogens (tertiary/aromatic N) is 5. The molecule has 1 aliphatic heterocycles. The SMILES string of the molecule is Cc1ncc(S(=O)(=O)N2CCN(C(=O)C3CC3C)CC2)c(-c2ccccn2)n1. The van der Waals surface area contributed by atoms with Crippen LogP contribution in [0.1, 0.15) is 19.2 Å². The van der Waals surface area contributed by atoms with Crippen LogP contribution in [0.5, 0.6) is 0 Å². The van der Waals surface area contributed by atoms with Crippen LogP contribution in [0, 0.1) is 18.8 Å². The minimum Gasteiger partial charge on any atom is -0.340 e. The summed E-state index contributed by atoms with van der Waals surface area (Å²) in [6.07, 6.45) is 3.89. The normalized spacial score (nSPS) is 22.9. The van der Waals surface area contributed by atoms with Crippen molar-refractivity contribution in [1.29, 1.82) is 0 Å². The molecule has 0 spiro atoms. The Balaban J connectivity index is 1.57. The van der Waals surface area contributed by atoms with Gasteiger partial charge in [-0.15, -0.1) is 0 Å². The first-order valence-electron chi connectivity index (χ1n) is 9.42. The van der Waals surface area contributed by atoms with Crippen molar-refractivity contribution in [1.82, 2.24) is 24.2 Å². The van der Waals surface area contributed by atoms with E-state index < -0.39 is 10.0 Å². The van der Waals surface area contributed by atoms with Gasteiger partial charge in [0, 0.05) is 38.3 Å². The maximum absolute atomic E-state index is 13.3. The molecule has 0 aromatic carbocycles. The number of carbonyl (C=O) groups is 1. The molecule has 8 nitrogen and oxygen atoms in total. The molecule has 2 aromatic rings. The molecule has 2 aliphatic rings. The Morgan fingerprint density at radius 3 is 2.46 bits per heavy atom. The van der Waals surface area contributed by atoms with E-state index >= 15 is 0 Å². The molecule has 0 radical (unpaired) electrons. The lowest BCUT2D eigenvalue weighted by Gasteiger charge is -2.34. The Kier molecular flexibility index (Phi) is 4.88. The number of rotatable bonds is 4. The molecule has 1 aliphatic carbocycles. The molecule has 4 rings (SSSR count). The smallest absolute Gasteiger partial charge is 0.246 e. The van der Waals surface area contributed by atoms with Crippen LogP contribution in [0.25, 0.3) is 11.4 Å². The van der Waals surface area contributed by atoms with E-state index in [0.717, 1.165) is 6.42 Å². The zero-order chi connectivity index (χ0) is 19.9. The van der Waals surface area contributed by atoms with Crippen LogP contribution in [-0.2, 0) is 14.8 Å². The van der Waals surface area contributed by atoms with Gasteiger partial charge in [0.2, 0.25) is 15.9 Å². The maximum Gasteiger partial charge on any atom is 0.246 e. The number of carbonyl (C=O) groups excluding carboxylic acids is 1. The molecule has 1 saturated heterocycles. The number of piperazine rings is 1. The van der Waals surface area contributed by atoms with Gasteiger partial charge in [0.15, 0.2) is 0 Å². The van der Waals surface area contributed by atoms with E-state index in [1.165, 1.54) is 10.5 Å². The van der Waals surface area contributed by atoms with E-state index in [1.807, 2.05) is 0 Å². The lowest BCUT2D eigenvalue weighted by Crippen LogP contribution is -2.51. The van der Waals surface area contributed by atoms with Crippen molar-refractivity contribution in [3.05, 3.63) is 36.4 Å². The maximum atomic E-state index is 13.3. The van der Waals surface area contributed by atoms with Gasteiger partial charge in [-0.25, -0.2) is 18.4 Å². The molecular formula is C19H23N5O3S. The average Bonchev–Trinajstić information content (AvgIpc) is 3.44. The summed E-state index contributed by atoms with van der Waals surface area (Å²) in [6.45, 7) is 5.14. The summed E-state index contributed by atoms with van der Waals surface area (Å²) in [5.41, 5.74) is 0.793. The summed E-state index contributed by atoms with van der Waals surface area (Å²) in [5.74, 6) is 1.19. The van der Waals surface area contributed by atoms with Gasteiger partial charge in [0.05, 0.1) is 11.9 Å². The van der Waals surface area contributed by atoms with Crippen LogP contribution < -0.4 is 0 Å². The summed E-state index contributed by atoms with van der Waals surface area (Å²) in [7, 11) is -3.79. The number of sulfonamides is 1. The molecule has 2 unspecified atom stereocenters. The standard InChI is InChI=1S/C19H23N5O3S/c1-13-11-15(13)19(25)23-7-9-24(10-8-23)28(26,27)17-12-21-14(2)22-18(17)16-5-3-4-6-20-16/h3-6,12-13,15H,7-11H2,1-2H3. The number of amides is 1. The number of aryl methyl sites for hydroxylation is 1. The third-order valence-electron chi connectivity index (χ3n) is 5.38. The van der Waals surface area contributed by atoms with E-state index in [-0.39, 0.29) is 29.8 Å². The van der Waals surface area contributed by atoms with Gasteiger partial charge in [-0.05, 0) is 31.4 Å². The second-order valence-electron chi connectivity index (χ2n) is 7.39. The fourth-order valence-corrected chi connectivity index (χ4v) is 5.03. The summed E-state index contributed by atoms with van der Waals surface area (Å²) >= 11 is 0. The molecule has 0 N–H and O–H groups in total. The lowest BCUT2D eigenvalue weighted by molar-refractivity contribution is -0.134. The van der Waals surface area contributed by atoms with Crippen LogP contribution in [0.3, 0.4) is 0 Å². The van der Waals surface area contributed by atoms with Gasteiger partial charge in [0.25, 0.3) is 0 Å². The van der Waals surface area contributed by atoms with Gasteiger partial charge in [-0.1, -0.05) is 13.0 Å². The average molecular weight is 401 g/mol. The van der Waals surface area contributed by atoms with Crippen molar-refractivity contribution in [3.63, 3.8) is 0 Å². The second kappa shape index (κ2) is 7.21. The predicted octanol–water partition coefficient (Wildman–Crippen LogP) is 1.34. The van der Waals surface area contributed by atoms with Gasteiger partial charge in [0.1, 0.15) is 16.4 Å². The minimum atomic E-state index is -3.79. The Hall–Kier alpha value is -2.39. The highest BCUT2D eigenvalue weighted by Crippen LogP contribution is 2.39. The molecule has 2 aromatic heterocycles. The Morgan fingerprint density at radius 1 is 1.14 bits per heavy atom. The topological polar surface area (TPSA) is 96.4 Å². The molecule has 3 heterocycles. The molecule has 2 fully saturated rings. The van der Waals surface area contributed by atoms with E-state index in [0.29, 0.717) is 36.2 Å². The fourth-order valence-electron chi connectivity index (χ4n) is 3.52. The molecule has 9 heteroatoms. The van der Waals surface area contributed by atoms with Crippen molar-refractivity contribution < 1.29 is 13.2 Å². The summed E-state index contributed by atoms with van der Waals surface area (Å²) in [4.78, 5) is 26.9. The fraction of sp³-hybridized carbons (Fsp3) is 0.474. The highest BCUT2D eigenvalue weighted by atomic mass is 32.2. The molecule has 28 heavy (non-hydrogen) atoms. The van der Waals surface area contributed by atoms with E-state index in [4.69, 9.17) is 0 Å². The first-order chi connectivity index (χ1) is 13.4. The van der Waals surface area contributed by atoms with E-state index in [2.05, 4.69) is 21.9 Å². The molecule has 1 amide bonds. The van der Waals surface area contributed by atoms with Gasteiger partial charge < -0.3 is 4.90 Å². The zero-order valence-corrected chi connectivity index (χ0v) is 16.8. The van der Waals surface area contributed by atoms with Crippen LogP contribution in [0.4, 0.5) is 0 Å². The largest absolute Gasteiger partial charge is 0.340 e. The third-order valence-corrected chi connectivity index (χ3v) is 7.28. The second-order valence-corrected chi connectivity index (χ2v) is 9.30. The van der Waals surface area contributed by atoms with Gasteiger partial charge in [-0.2, -0.15) is 4.31 Å².